The summed E-state index contributed by atoms with van der Waals surface area (Å²) in [5.41, 5.74) is 13.1. The van der Waals surface area contributed by atoms with E-state index in [1.54, 1.807) is 0 Å². The molecule has 0 aliphatic rings. The van der Waals surface area contributed by atoms with Crippen molar-refractivity contribution in [2.75, 3.05) is 0 Å². The van der Waals surface area contributed by atoms with Crippen molar-refractivity contribution >= 4 is 43.5 Å². The zero-order valence-corrected chi connectivity index (χ0v) is 30.9. The number of benzene rings is 9. The monoisotopic (exact) mass is 726 g/mol. The van der Waals surface area contributed by atoms with Gasteiger partial charge in [0, 0.05) is 33.0 Å². The Bertz CT molecular complexity index is 3300. The summed E-state index contributed by atoms with van der Waals surface area (Å²) in [7, 11) is 0. The van der Waals surface area contributed by atoms with Gasteiger partial charge in [-0.3, -0.25) is 0 Å². The molecule has 0 radical (unpaired) electrons. The highest BCUT2D eigenvalue weighted by Crippen LogP contribution is 2.41. The zero-order chi connectivity index (χ0) is 37.7. The Labute approximate surface area is 330 Å². The number of furan rings is 1. The summed E-state index contributed by atoms with van der Waals surface area (Å²) in [5, 5.41) is 7.05. The minimum Gasteiger partial charge on any atom is -0.455 e. The maximum atomic E-state index is 6.60. The molecule has 0 aliphatic heterocycles. The maximum Gasteiger partial charge on any atom is 0.160 e. The Balaban J connectivity index is 1.15. The highest BCUT2D eigenvalue weighted by atomic mass is 16.3. The molecule has 57 heavy (non-hydrogen) atoms. The fourth-order valence-corrected chi connectivity index (χ4v) is 8.32. The van der Waals surface area contributed by atoms with E-state index < -0.39 is 0 Å². The van der Waals surface area contributed by atoms with Crippen molar-refractivity contribution in [1.82, 2.24) is 9.97 Å². The van der Waals surface area contributed by atoms with Crippen LogP contribution >= 0.6 is 0 Å². The fourth-order valence-electron chi connectivity index (χ4n) is 8.32. The zero-order valence-electron chi connectivity index (χ0n) is 30.9. The van der Waals surface area contributed by atoms with Crippen molar-refractivity contribution in [2.45, 2.75) is 0 Å². The molecule has 0 spiro atoms. The first-order valence-corrected chi connectivity index (χ1v) is 19.3. The molecule has 3 heteroatoms. The van der Waals surface area contributed by atoms with Gasteiger partial charge < -0.3 is 4.42 Å². The minimum atomic E-state index is 0.676. The van der Waals surface area contributed by atoms with E-state index in [1.165, 1.54) is 27.1 Å². The quantitative estimate of drug-likeness (QED) is 0.171. The summed E-state index contributed by atoms with van der Waals surface area (Å²) in [6.45, 7) is 0. The molecule has 0 saturated carbocycles. The lowest BCUT2D eigenvalue weighted by Gasteiger charge is -2.15. The van der Waals surface area contributed by atoms with E-state index in [9.17, 15) is 0 Å². The average Bonchev–Trinajstić information content (AvgIpc) is 3.68. The van der Waals surface area contributed by atoms with Crippen LogP contribution in [0.15, 0.2) is 211 Å². The van der Waals surface area contributed by atoms with E-state index >= 15 is 0 Å². The van der Waals surface area contributed by atoms with Gasteiger partial charge in [0.1, 0.15) is 11.2 Å². The van der Waals surface area contributed by atoms with Crippen molar-refractivity contribution in [3.8, 4) is 67.3 Å². The predicted octanol–water partition coefficient (Wildman–Crippen LogP) is 14.7. The lowest BCUT2D eigenvalue weighted by Crippen LogP contribution is -1.97. The van der Waals surface area contributed by atoms with Gasteiger partial charge in [-0.2, -0.15) is 0 Å². The van der Waals surface area contributed by atoms with Crippen molar-refractivity contribution in [2.24, 2.45) is 0 Å². The molecule has 0 unspecified atom stereocenters. The van der Waals surface area contributed by atoms with Crippen LogP contribution in [0.3, 0.4) is 0 Å². The predicted molar refractivity (Wildman–Crippen MR) is 237 cm³/mol. The first-order chi connectivity index (χ1) is 28.2. The van der Waals surface area contributed by atoms with Gasteiger partial charge in [0.2, 0.25) is 0 Å². The van der Waals surface area contributed by atoms with Crippen molar-refractivity contribution < 1.29 is 4.42 Å². The molecule has 0 bridgehead atoms. The van der Waals surface area contributed by atoms with Crippen LogP contribution in [0.1, 0.15) is 0 Å². The van der Waals surface area contributed by atoms with Gasteiger partial charge in [-0.1, -0.05) is 170 Å². The average molecular weight is 727 g/mol. The molecule has 0 N–H and O–H groups in total. The number of fused-ring (bicyclic) bond motifs is 5. The van der Waals surface area contributed by atoms with Crippen molar-refractivity contribution in [3.05, 3.63) is 206 Å². The Hall–Kier alpha value is -7.62. The Morgan fingerprint density at radius 1 is 0.298 bits per heavy atom. The molecule has 3 nitrogen and oxygen atoms in total. The van der Waals surface area contributed by atoms with Gasteiger partial charge in [-0.15, -0.1) is 0 Å². The lowest BCUT2D eigenvalue weighted by molar-refractivity contribution is 0.670. The molecule has 0 amide bonds. The second-order valence-electron chi connectivity index (χ2n) is 14.5. The first-order valence-electron chi connectivity index (χ1n) is 19.3. The van der Waals surface area contributed by atoms with Gasteiger partial charge in [0.25, 0.3) is 0 Å². The van der Waals surface area contributed by atoms with Crippen LogP contribution in [0.4, 0.5) is 0 Å². The molecule has 0 saturated heterocycles. The third kappa shape index (κ3) is 5.85. The van der Waals surface area contributed by atoms with E-state index in [2.05, 4.69) is 176 Å². The molecule has 11 rings (SSSR count). The molecular weight excluding hydrogens is 693 g/mol. The third-order valence-electron chi connectivity index (χ3n) is 11.1. The summed E-state index contributed by atoms with van der Waals surface area (Å²) in [6.07, 6.45) is 0. The molecule has 2 aromatic heterocycles. The van der Waals surface area contributed by atoms with E-state index in [0.717, 1.165) is 77.8 Å². The fraction of sp³-hybridized carbons (Fsp3) is 0. The summed E-state index contributed by atoms with van der Waals surface area (Å²) < 4.78 is 6.60. The van der Waals surface area contributed by atoms with E-state index in [0.29, 0.717) is 5.82 Å². The van der Waals surface area contributed by atoms with Crippen LogP contribution in [0.2, 0.25) is 0 Å². The second-order valence-corrected chi connectivity index (χ2v) is 14.5. The molecule has 0 aliphatic carbocycles. The molecule has 11 aromatic rings. The van der Waals surface area contributed by atoms with Gasteiger partial charge in [-0.05, 0) is 85.8 Å². The molecule has 266 valence electrons. The smallest absolute Gasteiger partial charge is 0.160 e. The van der Waals surface area contributed by atoms with Gasteiger partial charge >= 0.3 is 0 Å². The van der Waals surface area contributed by atoms with Crippen molar-refractivity contribution in [3.63, 3.8) is 0 Å². The van der Waals surface area contributed by atoms with E-state index in [-0.39, 0.29) is 0 Å². The number of aromatic nitrogens is 2. The molecule has 0 fully saturated rings. The molecule has 9 aromatic carbocycles. The van der Waals surface area contributed by atoms with Crippen LogP contribution in [0, 0.1) is 0 Å². The Kier molecular flexibility index (Phi) is 7.82. The SMILES string of the molecule is c1ccc(-c2nc(-c3cccc(-c4cccc5ccccc45)c3)cc(-c3cc(-c4cccc5ccccc45)cc(-c4cccc5c4oc4ccccc45)c3)n2)cc1. The standard InChI is InChI=1S/C54H34N2O/c1-2-16-37(17-3-1)54-55-50(39-21-10-20-38(30-39)45-25-11-18-35-14-4-6-22-43(35)45)34-51(56-54)42-32-40(46-26-12-19-36-15-5-7-23-44(36)46)31-41(33-42)47-27-13-28-49-48-24-8-9-29-52(48)57-53(47)49/h1-34H. The summed E-state index contributed by atoms with van der Waals surface area (Å²) >= 11 is 0. The number of rotatable bonds is 6. The van der Waals surface area contributed by atoms with E-state index in [4.69, 9.17) is 14.4 Å². The largest absolute Gasteiger partial charge is 0.455 e. The Morgan fingerprint density at radius 3 is 1.53 bits per heavy atom. The molecule has 0 atom stereocenters. The van der Waals surface area contributed by atoms with Crippen LogP contribution < -0.4 is 0 Å². The highest BCUT2D eigenvalue weighted by molar-refractivity contribution is 6.10. The summed E-state index contributed by atoms with van der Waals surface area (Å²) in [4.78, 5) is 10.6. The van der Waals surface area contributed by atoms with Crippen LogP contribution in [0.25, 0.3) is 111 Å². The number of hydrogen-bond acceptors (Lipinski definition) is 3. The van der Waals surface area contributed by atoms with E-state index in [1.807, 2.05) is 30.3 Å². The van der Waals surface area contributed by atoms with Gasteiger partial charge in [0.05, 0.1) is 11.4 Å². The number of hydrogen-bond donors (Lipinski definition) is 0. The number of para-hydroxylation sites is 2. The second kappa shape index (κ2) is 13.6. The highest BCUT2D eigenvalue weighted by Gasteiger charge is 2.18. The lowest BCUT2D eigenvalue weighted by atomic mass is 9.91. The topological polar surface area (TPSA) is 38.9 Å². The third-order valence-corrected chi connectivity index (χ3v) is 11.1. The summed E-state index contributed by atoms with van der Waals surface area (Å²) in [5.74, 6) is 0.676. The Morgan fingerprint density at radius 2 is 0.772 bits per heavy atom. The molecular formula is C54H34N2O. The normalized spacial score (nSPS) is 11.5. The minimum absolute atomic E-state index is 0.676. The van der Waals surface area contributed by atoms with Crippen LogP contribution in [0.5, 0.6) is 0 Å². The molecule has 2 heterocycles. The first kappa shape index (κ1) is 32.8. The number of nitrogens with zero attached hydrogens (tertiary/aromatic N) is 2. The maximum absolute atomic E-state index is 6.60. The van der Waals surface area contributed by atoms with Crippen molar-refractivity contribution in [1.29, 1.82) is 0 Å². The summed E-state index contributed by atoms with van der Waals surface area (Å²) in [6, 6.07) is 72.8. The van der Waals surface area contributed by atoms with Gasteiger partial charge in [-0.25, -0.2) is 9.97 Å². The van der Waals surface area contributed by atoms with Crippen LogP contribution in [-0.4, -0.2) is 9.97 Å². The van der Waals surface area contributed by atoms with Crippen LogP contribution in [-0.2, 0) is 0 Å². The van der Waals surface area contributed by atoms with Gasteiger partial charge in [0.15, 0.2) is 5.82 Å².